The number of ether oxygens (including phenoxy) is 1. The van der Waals surface area contributed by atoms with Gasteiger partial charge in [-0.25, -0.2) is 4.98 Å². The molecule has 1 N–H and O–H groups in total. The monoisotopic (exact) mass is 181 g/mol. The molecule has 0 aliphatic heterocycles. The first-order valence-corrected chi connectivity index (χ1v) is 4.73. The fourth-order valence-electron chi connectivity index (χ4n) is 1.11. The molecule has 0 aliphatic carbocycles. The van der Waals surface area contributed by atoms with E-state index in [4.69, 9.17) is 4.74 Å². The van der Waals surface area contributed by atoms with Crippen LogP contribution in [0.25, 0.3) is 0 Å². The zero-order chi connectivity index (χ0) is 9.68. The number of aromatic nitrogens is 2. The SMILES string of the molecule is Cc1n[c]c(CCCOC(C)C)[nH]1. The maximum atomic E-state index is 5.42. The minimum Gasteiger partial charge on any atom is -0.379 e. The third-order valence-electron chi connectivity index (χ3n) is 1.71. The average Bonchev–Trinajstić information content (AvgIpc) is 2.45. The van der Waals surface area contributed by atoms with Crippen LogP contribution in [0.3, 0.4) is 0 Å². The third-order valence-corrected chi connectivity index (χ3v) is 1.71. The van der Waals surface area contributed by atoms with Crippen molar-refractivity contribution in [3.05, 3.63) is 17.7 Å². The van der Waals surface area contributed by atoms with Crippen molar-refractivity contribution in [2.24, 2.45) is 0 Å². The number of hydrogen-bond acceptors (Lipinski definition) is 2. The summed E-state index contributed by atoms with van der Waals surface area (Å²) in [6.07, 6.45) is 5.25. The van der Waals surface area contributed by atoms with E-state index in [-0.39, 0.29) is 0 Å². The number of nitrogens with one attached hydrogen (secondary N) is 1. The molecule has 1 rings (SSSR count). The fourth-order valence-corrected chi connectivity index (χ4v) is 1.11. The van der Waals surface area contributed by atoms with E-state index < -0.39 is 0 Å². The number of nitrogens with zero attached hydrogens (tertiary/aromatic N) is 1. The van der Waals surface area contributed by atoms with Gasteiger partial charge in [0.25, 0.3) is 0 Å². The van der Waals surface area contributed by atoms with Crippen LogP contribution in [0.5, 0.6) is 0 Å². The molecule has 1 aromatic heterocycles. The summed E-state index contributed by atoms with van der Waals surface area (Å²) < 4.78 is 5.42. The second kappa shape index (κ2) is 5.02. The zero-order valence-electron chi connectivity index (χ0n) is 8.55. The van der Waals surface area contributed by atoms with Crippen molar-refractivity contribution < 1.29 is 4.74 Å². The molecule has 13 heavy (non-hydrogen) atoms. The van der Waals surface area contributed by atoms with Gasteiger partial charge in [-0.15, -0.1) is 0 Å². The lowest BCUT2D eigenvalue weighted by atomic mass is 10.2. The van der Waals surface area contributed by atoms with Crippen molar-refractivity contribution in [1.82, 2.24) is 9.97 Å². The average molecular weight is 181 g/mol. The number of H-pyrrole nitrogens is 1. The molecule has 3 heteroatoms. The topological polar surface area (TPSA) is 37.9 Å². The lowest BCUT2D eigenvalue weighted by Gasteiger charge is -2.05. The highest BCUT2D eigenvalue weighted by atomic mass is 16.5. The number of rotatable bonds is 5. The molecule has 0 saturated carbocycles. The van der Waals surface area contributed by atoms with Crippen LogP contribution >= 0.6 is 0 Å². The summed E-state index contributed by atoms with van der Waals surface area (Å²) in [5.74, 6) is 0.930. The van der Waals surface area contributed by atoms with Gasteiger partial charge >= 0.3 is 0 Å². The van der Waals surface area contributed by atoms with Crippen molar-refractivity contribution in [2.45, 2.75) is 39.7 Å². The van der Waals surface area contributed by atoms with Crippen LogP contribution in [0, 0.1) is 13.1 Å². The van der Waals surface area contributed by atoms with Gasteiger partial charge in [-0.3, -0.25) is 0 Å². The van der Waals surface area contributed by atoms with E-state index in [2.05, 4.69) is 16.2 Å². The smallest absolute Gasteiger partial charge is 0.112 e. The van der Waals surface area contributed by atoms with Crippen LogP contribution < -0.4 is 0 Å². The predicted octanol–water partition coefficient (Wildman–Crippen LogP) is 1.88. The molecule has 0 amide bonds. The maximum Gasteiger partial charge on any atom is 0.112 e. The van der Waals surface area contributed by atoms with Gasteiger partial charge in [0.1, 0.15) is 12.0 Å². The molecule has 0 aromatic carbocycles. The summed E-state index contributed by atoms with van der Waals surface area (Å²) in [6, 6.07) is 0. The van der Waals surface area contributed by atoms with Crippen molar-refractivity contribution in [3.8, 4) is 0 Å². The molecule has 0 atom stereocenters. The van der Waals surface area contributed by atoms with Gasteiger partial charge in [-0.2, -0.15) is 0 Å². The molecule has 73 valence electrons. The summed E-state index contributed by atoms with van der Waals surface area (Å²) in [6.45, 7) is 6.84. The summed E-state index contributed by atoms with van der Waals surface area (Å²) >= 11 is 0. The Balaban J connectivity index is 2.13. The number of aryl methyl sites for hydroxylation is 2. The summed E-state index contributed by atoms with van der Waals surface area (Å²) in [4.78, 5) is 7.15. The van der Waals surface area contributed by atoms with Crippen LogP contribution in [0.2, 0.25) is 0 Å². The number of hydrogen-bond donors (Lipinski definition) is 1. The predicted molar refractivity (Wildman–Crippen MR) is 51.6 cm³/mol. The lowest BCUT2D eigenvalue weighted by Crippen LogP contribution is -2.04. The van der Waals surface area contributed by atoms with Crippen molar-refractivity contribution in [2.75, 3.05) is 6.61 Å². The van der Waals surface area contributed by atoms with Crippen molar-refractivity contribution in [3.63, 3.8) is 0 Å². The highest BCUT2D eigenvalue weighted by molar-refractivity contribution is 4.97. The molecule has 1 radical (unpaired) electrons. The molecule has 3 nitrogen and oxygen atoms in total. The van der Waals surface area contributed by atoms with E-state index >= 15 is 0 Å². The first-order valence-electron chi connectivity index (χ1n) is 4.73. The molecule has 0 saturated heterocycles. The molecule has 0 spiro atoms. The molecular weight excluding hydrogens is 164 g/mol. The Hall–Kier alpha value is -0.830. The quantitative estimate of drug-likeness (QED) is 0.704. The van der Waals surface area contributed by atoms with E-state index in [0.717, 1.165) is 31.0 Å². The van der Waals surface area contributed by atoms with Gasteiger partial charge in [-0.1, -0.05) is 0 Å². The van der Waals surface area contributed by atoms with Gasteiger partial charge in [0.05, 0.1) is 6.10 Å². The van der Waals surface area contributed by atoms with Gasteiger partial charge in [-0.05, 0) is 33.6 Å². The lowest BCUT2D eigenvalue weighted by molar-refractivity contribution is 0.0771. The highest BCUT2D eigenvalue weighted by Gasteiger charge is 1.98. The van der Waals surface area contributed by atoms with Gasteiger partial charge in [0.15, 0.2) is 0 Å². The minimum atomic E-state index is 0.326. The summed E-state index contributed by atoms with van der Waals surface area (Å²) in [5, 5.41) is 0. The Morgan fingerprint density at radius 1 is 1.54 bits per heavy atom. The molecule has 1 heterocycles. The van der Waals surface area contributed by atoms with E-state index in [1.165, 1.54) is 0 Å². The van der Waals surface area contributed by atoms with Crippen LogP contribution in [-0.2, 0) is 11.2 Å². The van der Waals surface area contributed by atoms with Crippen molar-refractivity contribution >= 4 is 0 Å². The highest BCUT2D eigenvalue weighted by Crippen LogP contribution is 2.00. The van der Waals surface area contributed by atoms with Gasteiger partial charge in [0.2, 0.25) is 0 Å². The standard InChI is InChI=1S/C10H17N2O/c1-8(2)13-6-4-5-10-7-11-9(3)12-10/h8H,4-6H2,1-3H3,(H,11,12). The van der Waals surface area contributed by atoms with E-state index in [0.29, 0.717) is 6.10 Å². The Morgan fingerprint density at radius 2 is 2.31 bits per heavy atom. The minimum absolute atomic E-state index is 0.326. The van der Waals surface area contributed by atoms with Crippen LogP contribution in [0.15, 0.2) is 0 Å². The van der Waals surface area contributed by atoms with E-state index in [9.17, 15) is 0 Å². The normalized spacial score (nSPS) is 11.1. The largest absolute Gasteiger partial charge is 0.379 e. The van der Waals surface area contributed by atoms with Crippen molar-refractivity contribution in [1.29, 1.82) is 0 Å². The van der Waals surface area contributed by atoms with E-state index in [1.54, 1.807) is 0 Å². The van der Waals surface area contributed by atoms with Crippen LogP contribution in [-0.4, -0.2) is 22.7 Å². The van der Waals surface area contributed by atoms with Crippen LogP contribution in [0.1, 0.15) is 31.8 Å². The van der Waals surface area contributed by atoms with E-state index in [1.807, 2.05) is 20.8 Å². The molecular formula is C10H17N2O. The van der Waals surface area contributed by atoms with Gasteiger partial charge < -0.3 is 9.72 Å². The molecule has 0 fully saturated rings. The second-order valence-electron chi connectivity index (χ2n) is 3.44. The number of aromatic amines is 1. The number of imidazole rings is 1. The first-order chi connectivity index (χ1) is 6.18. The molecule has 0 aliphatic rings. The molecule has 0 bridgehead atoms. The maximum absolute atomic E-state index is 5.42. The van der Waals surface area contributed by atoms with Crippen LogP contribution in [0.4, 0.5) is 0 Å². The molecule has 0 unspecified atom stereocenters. The Morgan fingerprint density at radius 3 is 2.85 bits per heavy atom. The fraction of sp³-hybridized carbons (Fsp3) is 0.700. The Labute approximate surface area is 79.5 Å². The second-order valence-corrected chi connectivity index (χ2v) is 3.44. The first kappa shape index (κ1) is 10.3. The van der Waals surface area contributed by atoms with Gasteiger partial charge in [0, 0.05) is 12.3 Å². The zero-order valence-corrected chi connectivity index (χ0v) is 8.55. The third kappa shape index (κ3) is 4.08. The summed E-state index contributed by atoms with van der Waals surface area (Å²) in [7, 11) is 0. The Bertz CT molecular complexity index is 243. The molecule has 1 aromatic rings. The Kier molecular flexibility index (Phi) is 3.96. The summed E-state index contributed by atoms with van der Waals surface area (Å²) in [5.41, 5.74) is 1.07.